The van der Waals surface area contributed by atoms with E-state index >= 15 is 0 Å². The summed E-state index contributed by atoms with van der Waals surface area (Å²) in [7, 11) is 1.68. The number of carbonyl (C=O) groups is 1. The second-order valence-corrected chi connectivity index (χ2v) is 10.2. The van der Waals surface area contributed by atoms with Gasteiger partial charge in [-0.1, -0.05) is 24.3 Å². The van der Waals surface area contributed by atoms with Gasteiger partial charge in [0.1, 0.15) is 17.3 Å². The van der Waals surface area contributed by atoms with Crippen LogP contribution in [-0.4, -0.2) is 73.1 Å². The molecule has 8 nitrogen and oxygen atoms in total. The number of amides is 1. The number of para-hydroxylation sites is 2. The molecule has 2 aromatic carbocycles. The fourth-order valence-corrected chi connectivity index (χ4v) is 5.89. The van der Waals surface area contributed by atoms with Crippen molar-refractivity contribution in [2.75, 3.05) is 62.8 Å². The van der Waals surface area contributed by atoms with Crippen molar-refractivity contribution >= 4 is 28.3 Å². The van der Waals surface area contributed by atoms with Crippen molar-refractivity contribution in [3.8, 4) is 11.5 Å². The van der Waals surface area contributed by atoms with Gasteiger partial charge in [-0.15, -0.1) is 0 Å². The van der Waals surface area contributed by atoms with E-state index < -0.39 is 0 Å². The Morgan fingerprint density at radius 2 is 1.78 bits per heavy atom. The standard InChI is InChI=1S/C28H35N5O3S/c1-3-36-25-10-5-4-9-24(25)31-15-17-32(18-16-31)27(34)22-11-13-33(14-12-22)28-29-26(30-37-28)20-21-7-6-8-23(19-21)35-2/h4-10,19,22H,3,11-18,20H2,1-2H3. The first-order valence-corrected chi connectivity index (χ1v) is 13.9. The van der Waals surface area contributed by atoms with Crippen LogP contribution in [0.2, 0.25) is 0 Å². The first-order valence-electron chi connectivity index (χ1n) is 13.1. The molecule has 37 heavy (non-hydrogen) atoms. The fourth-order valence-electron chi connectivity index (χ4n) is 5.15. The van der Waals surface area contributed by atoms with Gasteiger partial charge in [-0.25, -0.2) is 4.98 Å². The Bertz CT molecular complexity index is 1190. The monoisotopic (exact) mass is 521 g/mol. The number of hydrogen-bond donors (Lipinski definition) is 0. The molecular weight excluding hydrogens is 486 g/mol. The summed E-state index contributed by atoms with van der Waals surface area (Å²) in [5.41, 5.74) is 2.25. The molecule has 2 fully saturated rings. The number of anilines is 2. The predicted molar refractivity (Wildman–Crippen MR) is 147 cm³/mol. The summed E-state index contributed by atoms with van der Waals surface area (Å²) in [5, 5.41) is 0.949. The van der Waals surface area contributed by atoms with Crippen molar-refractivity contribution in [1.82, 2.24) is 14.3 Å². The third-order valence-corrected chi connectivity index (χ3v) is 7.98. The first-order chi connectivity index (χ1) is 18.1. The van der Waals surface area contributed by atoms with E-state index in [0.717, 1.165) is 85.8 Å². The Balaban J connectivity index is 1.11. The smallest absolute Gasteiger partial charge is 0.225 e. The molecule has 0 atom stereocenters. The maximum absolute atomic E-state index is 13.3. The molecule has 2 saturated heterocycles. The van der Waals surface area contributed by atoms with Crippen LogP contribution in [-0.2, 0) is 11.2 Å². The van der Waals surface area contributed by atoms with Crippen LogP contribution < -0.4 is 19.3 Å². The number of ether oxygens (including phenoxy) is 2. The summed E-state index contributed by atoms with van der Waals surface area (Å²) in [4.78, 5) is 24.7. The molecule has 3 aromatic rings. The van der Waals surface area contributed by atoms with E-state index in [9.17, 15) is 4.79 Å². The molecule has 1 aromatic heterocycles. The van der Waals surface area contributed by atoms with Crippen LogP contribution in [0, 0.1) is 5.92 Å². The lowest BCUT2D eigenvalue weighted by Gasteiger charge is -2.39. The predicted octanol–water partition coefficient (Wildman–Crippen LogP) is 4.10. The highest BCUT2D eigenvalue weighted by atomic mass is 32.1. The number of aromatic nitrogens is 2. The highest BCUT2D eigenvalue weighted by Crippen LogP contribution is 2.30. The van der Waals surface area contributed by atoms with Crippen LogP contribution in [0.4, 0.5) is 10.8 Å². The van der Waals surface area contributed by atoms with Gasteiger partial charge in [0, 0.05) is 63.1 Å². The van der Waals surface area contributed by atoms with Crippen molar-refractivity contribution < 1.29 is 14.3 Å². The molecular formula is C28H35N5O3S. The zero-order valence-corrected chi connectivity index (χ0v) is 22.5. The van der Waals surface area contributed by atoms with E-state index in [-0.39, 0.29) is 5.92 Å². The lowest BCUT2D eigenvalue weighted by Crippen LogP contribution is -2.51. The quantitative estimate of drug-likeness (QED) is 0.442. The number of rotatable bonds is 8. The largest absolute Gasteiger partial charge is 0.497 e. The summed E-state index contributed by atoms with van der Waals surface area (Å²) in [6.07, 6.45) is 2.40. The number of nitrogens with zero attached hydrogens (tertiary/aromatic N) is 5. The van der Waals surface area contributed by atoms with E-state index in [4.69, 9.17) is 14.5 Å². The Kier molecular flexibility index (Phi) is 8.08. The SMILES string of the molecule is CCOc1ccccc1N1CCN(C(=O)C2CCN(c3nc(Cc4cccc(OC)c4)ns3)CC2)CC1. The van der Waals surface area contributed by atoms with E-state index in [1.807, 2.05) is 43.3 Å². The number of hydrogen-bond acceptors (Lipinski definition) is 8. The normalized spacial score (nSPS) is 16.6. The zero-order valence-electron chi connectivity index (χ0n) is 21.6. The Morgan fingerprint density at radius 1 is 1.00 bits per heavy atom. The van der Waals surface area contributed by atoms with Gasteiger partial charge >= 0.3 is 0 Å². The maximum Gasteiger partial charge on any atom is 0.225 e. The second-order valence-electron chi connectivity index (χ2n) is 9.50. The molecule has 0 unspecified atom stereocenters. The summed E-state index contributed by atoms with van der Waals surface area (Å²) in [6.45, 7) is 7.50. The third kappa shape index (κ3) is 5.98. The average Bonchev–Trinajstić information content (AvgIpc) is 3.42. The molecule has 196 valence electrons. The van der Waals surface area contributed by atoms with Crippen LogP contribution in [0.5, 0.6) is 11.5 Å². The van der Waals surface area contributed by atoms with Crippen molar-refractivity contribution in [2.45, 2.75) is 26.2 Å². The third-order valence-electron chi connectivity index (χ3n) is 7.17. The van der Waals surface area contributed by atoms with Crippen LogP contribution in [0.3, 0.4) is 0 Å². The van der Waals surface area contributed by atoms with E-state index in [1.54, 1.807) is 7.11 Å². The van der Waals surface area contributed by atoms with Gasteiger partial charge in [-0.2, -0.15) is 4.37 Å². The van der Waals surface area contributed by atoms with E-state index in [2.05, 4.69) is 31.2 Å². The minimum atomic E-state index is 0.0858. The average molecular weight is 522 g/mol. The molecule has 2 aliphatic heterocycles. The van der Waals surface area contributed by atoms with Crippen molar-refractivity contribution in [3.63, 3.8) is 0 Å². The Morgan fingerprint density at radius 3 is 2.54 bits per heavy atom. The molecule has 5 rings (SSSR count). The number of benzene rings is 2. The van der Waals surface area contributed by atoms with Gasteiger partial charge in [-0.05, 0) is 49.6 Å². The molecule has 0 N–H and O–H groups in total. The number of methoxy groups -OCH3 is 1. The lowest BCUT2D eigenvalue weighted by atomic mass is 9.95. The fraction of sp³-hybridized carbons (Fsp3) is 0.464. The maximum atomic E-state index is 13.3. The topological polar surface area (TPSA) is 71.0 Å². The van der Waals surface area contributed by atoms with E-state index in [1.165, 1.54) is 11.5 Å². The highest BCUT2D eigenvalue weighted by molar-refractivity contribution is 7.09. The number of carbonyl (C=O) groups excluding carboxylic acids is 1. The molecule has 0 bridgehead atoms. The van der Waals surface area contributed by atoms with E-state index in [0.29, 0.717) is 18.9 Å². The zero-order chi connectivity index (χ0) is 25.6. The first kappa shape index (κ1) is 25.3. The molecule has 0 saturated carbocycles. The molecule has 1 amide bonds. The molecule has 9 heteroatoms. The molecule has 2 aliphatic rings. The summed E-state index contributed by atoms with van der Waals surface area (Å²) in [5.74, 6) is 2.98. The summed E-state index contributed by atoms with van der Waals surface area (Å²) >= 11 is 1.45. The summed E-state index contributed by atoms with van der Waals surface area (Å²) in [6, 6.07) is 16.2. The lowest BCUT2D eigenvalue weighted by molar-refractivity contribution is -0.136. The molecule has 0 spiro atoms. The van der Waals surface area contributed by atoms with Crippen LogP contribution in [0.1, 0.15) is 31.2 Å². The number of piperazine rings is 1. The molecule has 3 heterocycles. The van der Waals surface area contributed by atoms with Gasteiger partial charge in [0.25, 0.3) is 0 Å². The summed E-state index contributed by atoms with van der Waals surface area (Å²) < 4.78 is 15.7. The van der Waals surface area contributed by atoms with Crippen LogP contribution in [0.25, 0.3) is 0 Å². The highest BCUT2D eigenvalue weighted by Gasteiger charge is 2.31. The molecule has 0 radical (unpaired) electrons. The Labute approximate surface area is 223 Å². The second kappa shape index (κ2) is 11.8. The van der Waals surface area contributed by atoms with Crippen LogP contribution in [0.15, 0.2) is 48.5 Å². The van der Waals surface area contributed by atoms with Crippen molar-refractivity contribution in [1.29, 1.82) is 0 Å². The van der Waals surface area contributed by atoms with Gasteiger partial charge in [0.2, 0.25) is 11.0 Å². The number of piperidine rings is 1. The van der Waals surface area contributed by atoms with Gasteiger partial charge < -0.3 is 24.2 Å². The van der Waals surface area contributed by atoms with Crippen LogP contribution >= 0.6 is 11.5 Å². The van der Waals surface area contributed by atoms with Gasteiger partial charge in [0.05, 0.1) is 19.4 Å². The minimum absolute atomic E-state index is 0.0858. The van der Waals surface area contributed by atoms with Gasteiger partial charge in [-0.3, -0.25) is 4.79 Å². The molecule has 0 aliphatic carbocycles. The minimum Gasteiger partial charge on any atom is -0.497 e. The van der Waals surface area contributed by atoms with Crippen molar-refractivity contribution in [2.24, 2.45) is 5.92 Å². The van der Waals surface area contributed by atoms with Crippen molar-refractivity contribution in [3.05, 3.63) is 59.9 Å². The Hall–Kier alpha value is -3.33. The van der Waals surface area contributed by atoms with Gasteiger partial charge in [0.15, 0.2) is 0 Å².